The number of pyridine rings is 1. The van der Waals surface area contributed by atoms with E-state index in [2.05, 4.69) is 26.2 Å². The van der Waals surface area contributed by atoms with Gasteiger partial charge in [0.1, 0.15) is 5.82 Å². The van der Waals surface area contributed by atoms with Crippen molar-refractivity contribution in [2.45, 2.75) is 6.92 Å². The number of halogens is 1. The highest BCUT2D eigenvalue weighted by Crippen LogP contribution is 2.17. The van der Waals surface area contributed by atoms with E-state index in [1.165, 1.54) is 11.3 Å². The fraction of sp³-hybridized carbons (Fsp3) is 0.0909. The minimum atomic E-state index is -0.126. The van der Waals surface area contributed by atoms with Gasteiger partial charge < -0.3 is 5.32 Å². The van der Waals surface area contributed by atoms with Crippen LogP contribution in [0.4, 0.5) is 5.82 Å². The molecule has 0 aliphatic carbocycles. The van der Waals surface area contributed by atoms with E-state index < -0.39 is 0 Å². The van der Waals surface area contributed by atoms with Crippen molar-refractivity contribution >= 4 is 39.0 Å². The first kappa shape index (κ1) is 11.3. The molecule has 82 valence electrons. The Balaban J connectivity index is 2.18. The molecule has 1 N–H and O–H groups in total. The summed E-state index contributed by atoms with van der Waals surface area (Å²) in [6.45, 7) is 1.90. The van der Waals surface area contributed by atoms with E-state index in [-0.39, 0.29) is 5.91 Å². The molecular formula is C11H9BrN2OS. The zero-order valence-corrected chi connectivity index (χ0v) is 10.9. The molecule has 0 saturated carbocycles. The van der Waals surface area contributed by atoms with Crippen molar-refractivity contribution in [3.8, 4) is 0 Å². The predicted octanol–water partition coefficient (Wildman–Crippen LogP) is 3.47. The number of hydrogen-bond donors (Lipinski definition) is 1. The molecule has 0 unspecified atom stereocenters. The number of rotatable bonds is 2. The highest BCUT2D eigenvalue weighted by molar-refractivity contribution is 9.10. The summed E-state index contributed by atoms with van der Waals surface area (Å²) in [5.74, 6) is 0.471. The zero-order chi connectivity index (χ0) is 11.5. The molecule has 0 aliphatic heterocycles. The van der Waals surface area contributed by atoms with Crippen LogP contribution in [-0.4, -0.2) is 10.9 Å². The molecule has 1 amide bonds. The minimum Gasteiger partial charge on any atom is -0.306 e. The maximum Gasteiger partial charge on any atom is 0.257 e. The number of nitrogens with zero attached hydrogens (tertiary/aromatic N) is 1. The molecule has 2 aromatic rings. The topological polar surface area (TPSA) is 42.0 Å². The van der Waals surface area contributed by atoms with Crippen LogP contribution in [0.3, 0.4) is 0 Å². The van der Waals surface area contributed by atoms with Gasteiger partial charge in [-0.15, -0.1) is 0 Å². The van der Waals surface area contributed by atoms with Gasteiger partial charge in [-0.05, 0) is 45.9 Å². The molecule has 0 aromatic carbocycles. The third-order valence-electron chi connectivity index (χ3n) is 2.06. The Hall–Kier alpha value is -1.20. The van der Waals surface area contributed by atoms with Gasteiger partial charge in [0.15, 0.2) is 0 Å². The van der Waals surface area contributed by atoms with E-state index >= 15 is 0 Å². The van der Waals surface area contributed by atoms with Crippen LogP contribution in [0.2, 0.25) is 0 Å². The molecular weight excluding hydrogens is 288 g/mol. The third-order valence-corrected chi connectivity index (χ3v) is 3.18. The molecule has 0 saturated heterocycles. The van der Waals surface area contributed by atoms with Crippen LogP contribution in [0, 0.1) is 6.92 Å². The van der Waals surface area contributed by atoms with Crippen LogP contribution in [0.15, 0.2) is 33.6 Å². The van der Waals surface area contributed by atoms with Crippen molar-refractivity contribution in [3.63, 3.8) is 0 Å². The molecule has 0 fully saturated rings. The number of aromatic nitrogens is 1. The first-order chi connectivity index (χ1) is 7.66. The molecule has 0 bridgehead atoms. The Morgan fingerprint density at radius 1 is 1.56 bits per heavy atom. The summed E-state index contributed by atoms with van der Waals surface area (Å²) in [7, 11) is 0. The van der Waals surface area contributed by atoms with E-state index in [1.807, 2.05) is 23.8 Å². The van der Waals surface area contributed by atoms with Crippen molar-refractivity contribution in [1.29, 1.82) is 0 Å². The fourth-order valence-corrected chi connectivity index (χ4v) is 2.33. The van der Waals surface area contributed by atoms with Crippen LogP contribution in [0.25, 0.3) is 0 Å². The van der Waals surface area contributed by atoms with Gasteiger partial charge in [-0.1, -0.05) is 0 Å². The van der Waals surface area contributed by atoms with Gasteiger partial charge in [-0.2, -0.15) is 11.3 Å². The van der Waals surface area contributed by atoms with Crippen molar-refractivity contribution in [3.05, 3.63) is 44.7 Å². The van der Waals surface area contributed by atoms with Crippen LogP contribution in [-0.2, 0) is 0 Å². The average molecular weight is 297 g/mol. The quantitative estimate of drug-likeness (QED) is 0.922. The monoisotopic (exact) mass is 296 g/mol. The predicted molar refractivity (Wildman–Crippen MR) is 68.9 cm³/mol. The lowest BCUT2D eigenvalue weighted by Gasteiger charge is -2.06. The van der Waals surface area contributed by atoms with Crippen molar-refractivity contribution in [2.75, 3.05) is 5.32 Å². The van der Waals surface area contributed by atoms with E-state index in [9.17, 15) is 4.79 Å². The lowest BCUT2D eigenvalue weighted by molar-refractivity contribution is 0.102. The van der Waals surface area contributed by atoms with Crippen molar-refractivity contribution < 1.29 is 4.79 Å². The second kappa shape index (κ2) is 4.76. The van der Waals surface area contributed by atoms with Gasteiger partial charge in [-0.3, -0.25) is 4.79 Å². The summed E-state index contributed by atoms with van der Waals surface area (Å²) in [5, 5.41) is 6.46. The lowest BCUT2D eigenvalue weighted by Crippen LogP contribution is -2.12. The van der Waals surface area contributed by atoms with Crippen molar-refractivity contribution in [2.24, 2.45) is 0 Å². The number of carbonyl (C=O) groups is 1. The molecule has 3 nitrogen and oxygen atoms in total. The lowest BCUT2D eigenvalue weighted by atomic mass is 10.2. The largest absolute Gasteiger partial charge is 0.306 e. The van der Waals surface area contributed by atoms with Gasteiger partial charge in [0.2, 0.25) is 0 Å². The van der Waals surface area contributed by atoms with Crippen molar-refractivity contribution in [1.82, 2.24) is 4.98 Å². The summed E-state index contributed by atoms with van der Waals surface area (Å²) in [4.78, 5) is 15.9. The van der Waals surface area contributed by atoms with Gasteiger partial charge in [0, 0.05) is 16.0 Å². The van der Waals surface area contributed by atoms with Gasteiger partial charge in [-0.25, -0.2) is 4.98 Å². The Morgan fingerprint density at radius 2 is 2.38 bits per heavy atom. The second-order valence-electron chi connectivity index (χ2n) is 3.29. The standard InChI is InChI=1S/C11H9BrN2OS/c1-7-4-9(12)5-13-10(7)14-11(15)8-2-3-16-6-8/h2-6H,1H3,(H,13,14,15). The number of amides is 1. The van der Waals surface area contributed by atoms with E-state index in [1.54, 1.807) is 12.3 Å². The Morgan fingerprint density at radius 3 is 3.00 bits per heavy atom. The average Bonchev–Trinajstić information content (AvgIpc) is 2.75. The maximum absolute atomic E-state index is 11.8. The second-order valence-corrected chi connectivity index (χ2v) is 4.98. The Labute approximate surface area is 106 Å². The summed E-state index contributed by atoms with van der Waals surface area (Å²) < 4.78 is 0.901. The first-order valence-electron chi connectivity index (χ1n) is 4.62. The highest BCUT2D eigenvalue weighted by atomic mass is 79.9. The van der Waals surface area contributed by atoms with Crippen LogP contribution in [0.1, 0.15) is 15.9 Å². The SMILES string of the molecule is Cc1cc(Br)cnc1NC(=O)c1ccsc1. The summed E-state index contributed by atoms with van der Waals surface area (Å²) in [6.07, 6.45) is 1.66. The van der Waals surface area contributed by atoms with Crippen LogP contribution in [0.5, 0.6) is 0 Å². The molecule has 5 heteroatoms. The number of nitrogens with one attached hydrogen (secondary N) is 1. The Bertz CT molecular complexity index is 511. The van der Waals surface area contributed by atoms with Gasteiger partial charge in [0.05, 0.1) is 5.56 Å². The van der Waals surface area contributed by atoms with E-state index in [0.29, 0.717) is 11.4 Å². The number of thiophene rings is 1. The van der Waals surface area contributed by atoms with Crippen LogP contribution >= 0.6 is 27.3 Å². The number of hydrogen-bond acceptors (Lipinski definition) is 3. The number of anilines is 1. The summed E-state index contributed by atoms with van der Waals surface area (Å²) in [5.41, 5.74) is 1.59. The van der Waals surface area contributed by atoms with E-state index in [4.69, 9.17) is 0 Å². The Kier molecular flexibility index (Phi) is 3.36. The smallest absolute Gasteiger partial charge is 0.257 e. The highest BCUT2D eigenvalue weighted by Gasteiger charge is 2.08. The minimum absolute atomic E-state index is 0.126. The molecule has 0 atom stereocenters. The molecule has 2 heterocycles. The zero-order valence-electron chi connectivity index (χ0n) is 8.53. The molecule has 0 radical (unpaired) electrons. The van der Waals surface area contributed by atoms with E-state index in [0.717, 1.165) is 10.0 Å². The molecule has 2 aromatic heterocycles. The number of aryl methyl sites for hydroxylation is 1. The summed E-state index contributed by atoms with van der Waals surface area (Å²) >= 11 is 4.82. The fourth-order valence-electron chi connectivity index (χ4n) is 1.24. The third kappa shape index (κ3) is 2.48. The maximum atomic E-state index is 11.8. The molecule has 0 spiro atoms. The summed E-state index contributed by atoms with van der Waals surface area (Å²) in [6, 6.07) is 3.70. The normalized spacial score (nSPS) is 10.1. The molecule has 2 rings (SSSR count). The molecule has 0 aliphatic rings. The molecule has 16 heavy (non-hydrogen) atoms. The van der Waals surface area contributed by atoms with Crippen LogP contribution < -0.4 is 5.32 Å². The van der Waals surface area contributed by atoms with Gasteiger partial charge >= 0.3 is 0 Å². The first-order valence-corrected chi connectivity index (χ1v) is 6.36. The van der Waals surface area contributed by atoms with Gasteiger partial charge in [0.25, 0.3) is 5.91 Å². The number of carbonyl (C=O) groups excluding carboxylic acids is 1.